The van der Waals surface area contributed by atoms with Crippen LogP contribution in [0.3, 0.4) is 0 Å². The van der Waals surface area contributed by atoms with Crippen LogP contribution in [-0.2, 0) is 4.79 Å². The van der Waals surface area contributed by atoms with Gasteiger partial charge in [-0.2, -0.15) is 0 Å². The van der Waals surface area contributed by atoms with E-state index in [0.717, 1.165) is 5.56 Å². The number of fused-ring (bicyclic) bond motifs is 1. The van der Waals surface area contributed by atoms with Gasteiger partial charge in [0.15, 0.2) is 0 Å². The van der Waals surface area contributed by atoms with Gasteiger partial charge < -0.3 is 15.4 Å². The number of aromatic nitrogens is 2. The van der Waals surface area contributed by atoms with Gasteiger partial charge in [-0.1, -0.05) is 12.1 Å². The van der Waals surface area contributed by atoms with E-state index < -0.39 is 5.92 Å². The smallest absolute Gasteiger partial charge is 0.256 e. The number of phenols is 1. The number of aromatic hydroxyl groups is 1. The summed E-state index contributed by atoms with van der Waals surface area (Å²) in [7, 11) is 0. The first-order valence-electron chi connectivity index (χ1n) is 5.81. The number of benzene rings is 1. The molecule has 0 saturated carbocycles. The molecule has 1 aliphatic rings. The molecule has 0 fully saturated rings. The molecule has 1 aliphatic heterocycles. The summed E-state index contributed by atoms with van der Waals surface area (Å²) in [5.41, 5.74) is 0.862. The second-order valence-corrected chi connectivity index (χ2v) is 4.39. The fourth-order valence-electron chi connectivity index (χ4n) is 2.33. The van der Waals surface area contributed by atoms with E-state index in [4.69, 9.17) is 0 Å². The van der Waals surface area contributed by atoms with Gasteiger partial charge in [0.25, 0.3) is 5.56 Å². The van der Waals surface area contributed by atoms with Crippen LogP contribution in [-0.4, -0.2) is 21.0 Å². The van der Waals surface area contributed by atoms with Crippen LogP contribution in [0.1, 0.15) is 23.5 Å². The molecule has 6 nitrogen and oxygen atoms in total. The largest absolute Gasteiger partial charge is 0.508 e. The van der Waals surface area contributed by atoms with Gasteiger partial charge in [0.1, 0.15) is 11.6 Å². The second-order valence-electron chi connectivity index (χ2n) is 4.39. The third-order valence-electron chi connectivity index (χ3n) is 3.16. The Morgan fingerprint density at radius 3 is 2.95 bits per heavy atom. The minimum Gasteiger partial charge on any atom is -0.508 e. The third-order valence-corrected chi connectivity index (χ3v) is 3.16. The number of H-pyrrole nitrogens is 1. The van der Waals surface area contributed by atoms with Gasteiger partial charge in [0.05, 0.1) is 11.9 Å². The lowest BCUT2D eigenvalue weighted by molar-refractivity contribution is -0.116. The number of nitrogens with one attached hydrogen (secondary N) is 2. The summed E-state index contributed by atoms with van der Waals surface area (Å²) in [5, 5.41) is 12.1. The number of carbonyl (C=O) groups is 1. The van der Waals surface area contributed by atoms with Gasteiger partial charge >= 0.3 is 0 Å². The van der Waals surface area contributed by atoms with Crippen molar-refractivity contribution in [2.75, 3.05) is 5.32 Å². The number of hydrogen-bond donors (Lipinski definition) is 3. The number of phenolic OH excluding ortho intramolecular Hbond substituents is 1. The normalized spacial score (nSPS) is 17.7. The molecule has 0 aliphatic carbocycles. The summed E-state index contributed by atoms with van der Waals surface area (Å²) in [6.07, 6.45) is 1.41. The van der Waals surface area contributed by atoms with Crippen molar-refractivity contribution >= 4 is 11.7 Å². The molecule has 96 valence electrons. The zero-order valence-electron chi connectivity index (χ0n) is 9.88. The minimum absolute atomic E-state index is 0.102. The van der Waals surface area contributed by atoms with Crippen molar-refractivity contribution in [1.82, 2.24) is 9.97 Å². The molecule has 0 spiro atoms. The summed E-state index contributed by atoms with van der Waals surface area (Å²) >= 11 is 0. The zero-order valence-corrected chi connectivity index (χ0v) is 9.88. The molecule has 1 amide bonds. The number of aromatic amines is 1. The number of anilines is 1. The van der Waals surface area contributed by atoms with Crippen LogP contribution >= 0.6 is 0 Å². The predicted molar refractivity (Wildman–Crippen MR) is 68.1 cm³/mol. The lowest BCUT2D eigenvalue weighted by Gasteiger charge is -2.23. The van der Waals surface area contributed by atoms with E-state index in [1.54, 1.807) is 24.3 Å². The Labute approximate surface area is 108 Å². The second kappa shape index (κ2) is 4.24. The molecule has 2 heterocycles. The number of carbonyl (C=O) groups excluding carboxylic acids is 1. The average Bonchev–Trinajstić information content (AvgIpc) is 2.37. The fourth-order valence-corrected chi connectivity index (χ4v) is 2.33. The highest BCUT2D eigenvalue weighted by atomic mass is 16.3. The van der Waals surface area contributed by atoms with Crippen LogP contribution in [0, 0.1) is 0 Å². The first kappa shape index (κ1) is 11.5. The Morgan fingerprint density at radius 2 is 2.16 bits per heavy atom. The Morgan fingerprint density at radius 1 is 1.32 bits per heavy atom. The van der Waals surface area contributed by atoms with Gasteiger partial charge in [-0.25, -0.2) is 4.98 Å². The standard InChI is InChI=1S/C13H11N3O3/c17-8-3-1-2-7(4-8)9-5-10(18)16-12-11(9)13(19)15-6-14-12/h1-4,6,9,17H,5H2,(H2,14,15,16,18,19). The van der Waals surface area contributed by atoms with Crippen LogP contribution in [0.5, 0.6) is 5.75 Å². The van der Waals surface area contributed by atoms with Crippen LogP contribution in [0.2, 0.25) is 0 Å². The van der Waals surface area contributed by atoms with E-state index >= 15 is 0 Å². The van der Waals surface area contributed by atoms with E-state index in [-0.39, 0.29) is 29.5 Å². The Bertz CT molecular complexity index is 708. The van der Waals surface area contributed by atoms with Crippen molar-refractivity contribution in [1.29, 1.82) is 0 Å². The van der Waals surface area contributed by atoms with Gasteiger partial charge in [0.2, 0.25) is 5.91 Å². The highest BCUT2D eigenvalue weighted by Crippen LogP contribution is 2.34. The number of rotatable bonds is 1. The molecule has 1 aromatic heterocycles. The first-order chi connectivity index (χ1) is 9.15. The molecule has 6 heteroatoms. The maximum Gasteiger partial charge on any atom is 0.256 e. The number of amides is 1. The van der Waals surface area contributed by atoms with Crippen LogP contribution in [0.4, 0.5) is 5.82 Å². The summed E-state index contributed by atoms with van der Waals surface area (Å²) < 4.78 is 0. The maximum atomic E-state index is 11.9. The Hall–Kier alpha value is -2.63. The highest BCUT2D eigenvalue weighted by Gasteiger charge is 2.30. The van der Waals surface area contributed by atoms with Crippen molar-refractivity contribution in [3.63, 3.8) is 0 Å². The summed E-state index contributed by atoms with van der Waals surface area (Å²) in [6, 6.07) is 6.56. The first-order valence-corrected chi connectivity index (χ1v) is 5.81. The Balaban J connectivity index is 2.18. The third kappa shape index (κ3) is 1.97. The molecular weight excluding hydrogens is 246 g/mol. The van der Waals surface area contributed by atoms with E-state index in [0.29, 0.717) is 5.56 Å². The van der Waals surface area contributed by atoms with Crippen LogP contribution in [0.15, 0.2) is 35.4 Å². The summed E-state index contributed by atoms with van der Waals surface area (Å²) in [5.74, 6) is -0.203. The molecule has 19 heavy (non-hydrogen) atoms. The number of nitrogens with zero attached hydrogens (tertiary/aromatic N) is 1. The van der Waals surface area contributed by atoms with Crippen molar-refractivity contribution in [2.24, 2.45) is 0 Å². The maximum absolute atomic E-state index is 11.9. The van der Waals surface area contributed by atoms with E-state index in [2.05, 4.69) is 15.3 Å². The van der Waals surface area contributed by atoms with Gasteiger partial charge in [-0.15, -0.1) is 0 Å². The van der Waals surface area contributed by atoms with E-state index in [1.807, 2.05) is 0 Å². The van der Waals surface area contributed by atoms with Crippen molar-refractivity contribution in [3.05, 3.63) is 52.1 Å². The van der Waals surface area contributed by atoms with Gasteiger partial charge in [0, 0.05) is 12.3 Å². The lowest BCUT2D eigenvalue weighted by atomic mass is 9.87. The van der Waals surface area contributed by atoms with Gasteiger partial charge in [-0.05, 0) is 17.7 Å². The molecule has 3 rings (SSSR count). The molecule has 3 N–H and O–H groups in total. The fraction of sp³-hybridized carbons (Fsp3) is 0.154. The molecule has 2 aromatic rings. The number of hydrogen-bond acceptors (Lipinski definition) is 4. The Kier molecular flexibility index (Phi) is 2.56. The van der Waals surface area contributed by atoms with Gasteiger partial charge in [-0.3, -0.25) is 9.59 Å². The van der Waals surface area contributed by atoms with E-state index in [9.17, 15) is 14.7 Å². The van der Waals surface area contributed by atoms with Crippen LogP contribution < -0.4 is 10.9 Å². The molecule has 0 bridgehead atoms. The molecule has 1 atom stereocenters. The highest BCUT2D eigenvalue weighted by molar-refractivity contribution is 5.94. The zero-order chi connectivity index (χ0) is 13.4. The van der Waals surface area contributed by atoms with Crippen molar-refractivity contribution < 1.29 is 9.90 Å². The SMILES string of the molecule is O=C1CC(c2cccc(O)c2)c2c(nc[nH]c2=O)N1. The van der Waals surface area contributed by atoms with Crippen molar-refractivity contribution in [3.8, 4) is 5.75 Å². The minimum atomic E-state index is -0.395. The molecule has 1 aromatic carbocycles. The molecule has 1 unspecified atom stereocenters. The quantitative estimate of drug-likeness (QED) is 0.708. The summed E-state index contributed by atoms with van der Waals surface area (Å²) in [6.45, 7) is 0. The monoisotopic (exact) mass is 257 g/mol. The van der Waals surface area contributed by atoms with Crippen LogP contribution in [0.25, 0.3) is 0 Å². The summed E-state index contributed by atoms with van der Waals surface area (Å²) in [4.78, 5) is 30.1. The molecule has 0 saturated heterocycles. The van der Waals surface area contributed by atoms with E-state index in [1.165, 1.54) is 6.33 Å². The predicted octanol–water partition coefficient (Wildman–Crippen LogP) is 0.950. The van der Waals surface area contributed by atoms with Crippen molar-refractivity contribution in [2.45, 2.75) is 12.3 Å². The molecular formula is C13H11N3O3. The average molecular weight is 257 g/mol. The lowest BCUT2D eigenvalue weighted by Crippen LogP contribution is -2.30. The topological polar surface area (TPSA) is 95.1 Å². The molecule has 0 radical (unpaired) electrons.